The zero-order valence-corrected chi connectivity index (χ0v) is 21.9. The Hall–Kier alpha value is -3.19. The molecule has 1 heterocycles. The van der Waals surface area contributed by atoms with Gasteiger partial charge in [0.05, 0.1) is 23.8 Å². The van der Waals surface area contributed by atoms with Crippen molar-refractivity contribution in [3.63, 3.8) is 0 Å². The molecule has 0 bridgehead atoms. The van der Waals surface area contributed by atoms with Gasteiger partial charge in [-0.2, -0.15) is 0 Å². The van der Waals surface area contributed by atoms with Gasteiger partial charge < -0.3 is 19.5 Å². The highest BCUT2D eigenvalue weighted by Gasteiger charge is 2.33. The van der Waals surface area contributed by atoms with Crippen molar-refractivity contribution in [1.82, 2.24) is 0 Å². The van der Waals surface area contributed by atoms with E-state index in [1.165, 1.54) is 17.3 Å². The number of benzene rings is 2. The molecular weight excluding hydrogens is 460 g/mol. The van der Waals surface area contributed by atoms with Gasteiger partial charge in [0.25, 0.3) is 0 Å². The lowest BCUT2D eigenvalue weighted by molar-refractivity contribution is -0.138. The molecule has 1 N–H and O–H groups in total. The Morgan fingerprint density at radius 2 is 1.74 bits per heavy atom. The van der Waals surface area contributed by atoms with E-state index in [-0.39, 0.29) is 17.9 Å². The quantitative estimate of drug-likeness (QED) is 0.371. The van der Waals surface area contributed by atoms with E-state index in [1.807, 2.05) is 55.5 Å². The molecule has 7 heteroatoms. The van der Waals surface area contributed by atoms with Gasteiger partial charge in [-0.25, -0.2) is 9.79 Å². The average molecular weight is 495 g/mol. The maximum absolute atomic E-state index is 12.7. The third-order valence-electron chi connectivity index (χ3n) is 5.66. The zero-order chi connectivity index (χ0) is 25.4. The summed E-state index contributed by atoms with van der Waals surface area (Å²) in [7, 11) is 0. The minimum absolute atomic E-state index is 0.0837. The molecule has 35 heavy (non-hydrogen) atoms. The lowest BCUT2D eigenvalue weighted by Crippen LogP contribution is -2.21. The topological polar surface area (TPSA) is 71.4 Å². The third kappa shape index (κ3) is 6.28. The van der Waals surface area contributed by atoms with E-state index in [0.29, 0.717) is 22.2 Å². The van der Waals surface area contributed by atoms with Crippen LogP contribution in [-0.2, 0) is 16.0 Å². The molecule has 2 aromatic rings. The summed E-state index contributed by atoms with van der Waals surface area (Å²) < 4.78 is 11.1. The summed E-state index contributed by atoms with van der Waals surface area (Å²) in [5, 5.41) is 11.4. The van der Waals surface area contributed by atoms with Crippen LogP contribution in [0.1, 0.15) is 45.7 Å². The van der Waals surface area contributed by atoms with Crippen LogP contribution in [0.5, 0.6) is 5.75 Å². The molecule has 0 aliphatic carbocycles. The van der Waals surface area contributed by atoms with Gasteiger partial charge in [-0.3, -0.25) is 0 Å². The van der Waals surface area contributed by atoms with E-state index in [9.17, 15) is 9.90 Å². The van der Waals surface area contributed by atoms with Crippen molar-refractivity contribution in [3.05, 3.63) is 69.8 Å². The minimum Gasteiger partial charge on any atom is -0.506 e. The van der Waals surface area contributed by atoms with Gasteiger partial charge in [0, 0.05) is 30.4 Å². The van der Waals surface area contributed by atoms with Crippen molar-refractivity contribution in [3.8, 4) is 5.75 Å². The molecule has 1 aliphatic rings. The van der Waals surface area contributed by atoms with Crippen LogP contribution < -0.4 is 9.64 Å². The molecule has 186 valence electrons. The summed E-state index contributed by atoms with van der Waals surface area (Å²) in [5.41, 5.74) is 3.88. The summed E-state index contributed by atoms with van der Waals surface area (Å²) >= 11 is 1.25. The molecule has 0 unspecified atom stereocenters. The molecule has 0 amide bonds. The zero-order valence-electron chi connectivity index (χ0n) is 21.1. The highest BCUT2D eigenvalue weighted by Crippen LogP contribution is 2.41. The molecule has 2 aromatic carbocycles. The monoisotopic (exact) mass is 494 g/mol. The first-order chi connectivity index (χ1) is 16.9. The fourth-order valence-electron chi connectivity index (χ4n) is 3.76. The molecule has 3 rings (SSSR count). The molecule has 0 fully saturated rings. The van der Waals surface area contributed by atoms with E-state index in [4.69, 9.17) is 9.47 Å². The van der Waals surface area contributed by atoms with E-state index >= 15 is 0 Å². The molecule has 6 nitrogen and oxygen atoms in total. The smallest absolute Gasteiger partial charge is 0.344 e. The van der Waals surface area contributed by atoms with Crippen LogP contribution in [0.15, 0.2) is 63.7 Å². The van der Waals surface area contributed by atoms with Gasteiger partial charge in [0.2, 0.25) is 0 Å². The van der Waals surface area contributed by atoms with Crippen LogP contribution in [-0.4, -0.2) is 42.4 Å². The largest absolute Gasteiger partial charge is 0.506 e. The first-order valence-electron chi connectivity index (χ1n) is 12.2. The van der Waals surface area contributed by atoms with Gasteiger partial charge >= 0.3 is 5.97 Å². The van der Waals surface area contributed by atoms with E-state index in [1.54, 1.807) is 6.92 Å². The summed E-state index contributed by atoms with van der Waals surface area (Å²) in [6.07, 6.45) is 2.77. The lowest BCUT2D eigenvalue weighted by atomic mass is 10.1. The van der Waals surface area contributed by atoms with Crippen LogP contribution in [0.3, 0.4) is 0 Å². The second-order valence-corrected chi connectivity index (χ2v) is 8.85. The lowest BCUT2D eigenvalue weighted by Gasteiger charge is -2.22. The van der Waals surface area contributed by atoms with Crippen LogP contribution in [0, 0.1) is 0 Å². The van der Waals surface area contributed by atoms with Gasteiger partial charge in [0.15, 0.2) is 0 Å². The fourth-order valence-corrected chi connectivity index (χ4v) is 4.79. The molecule has 0 saturated heterocycles. The number of ether oxygens (including phenoxy) is 2. The average Bonchev–Trinajstić information content (AvgIpc) is 3.16. The van der Waals surface area contributed by atoms with Crippen LogP contribution in [0.4, 0.5) is 11.4 Å². The number of carbonyl (C=O) groups excluding carboxylic acids is 1. The Bertz CT molecular complexity index is 1130. The normalized spacial score (nSPS) is 15.7. The number of rotatable bonds is 10. The number of hydrogen-bond acceptors (Lipinski definition) is 7. The van der Waals surface area contributed by atoms with Crippen molar-refractivity contribution < 1.29 is 19.4 Å². The molecule has 0 aromatic heterocycles. The van der Waals surface area contributed by atoms with Gasteiger partial charge in [0.1, 0.15) is 22.1 Å². The SMILES string of the molecule is CCOC(=O)C1=C(O)/C(=C/c2ccc(N(CC)CC)cc2OCC)SC1=Nc1ccc(CC)cc1. The van der Waals surface area contributed by atoms with Crippen molar-refractivity contribution in [2.24, 2.45) is 4.99 Å². The maximum atomic E-state index is 12.7. The number of hydrogen-bond donors (Lipinski definition) is 1. The maximum Gasteiger partial charge on any atom is 0.344 e. The summed E-state index contributed by atoms with van der Waals surface area (Å²) in [6.45, 7) is 12.5. The Balaban J connectivity index is 2.04. The molecule has 0 saturated carbocycles. The van der Waals surface area contributed by atoms with Crippen LogP contribution in [0.2, 0.25) is 0 Å². The Kier molecular flexibility index (Phi) is 9.43. The highest BCUT2D eigenvalue weighted by molar-refractivity contribution is 8.18. The summed E-state index contributed by atoms with van der Waals surface area (Å²) in [4.78, 5) is 20.1. The number of anilines is 1. The first-order valence-corrected chi connectivity index (χ1v) is 13.0. The van der Waals surface area contributed by atoms with Crippen LogP contribution in [0.25, 0.3) is 6.08 Å². The van der Waals surface area contributed by atoms with E-state index in [0.717, 1.165) is 36.5 Å². The molecule has 0 spiro atoms. The second kappa shape index (κ2) is 12.5. The predicted molar refractivity (Wildman–Crippen MR) is 146 cm³/mol. The number of aliphatic hydroxyl groups is 1. The molecular formula is C28H34N2O4S. The number of nitrogens with zero attached hydrogens (tertiary/aromatic N) is 2. The standard InChI is InChI=1S/C28H34N2O4S/c1-6-19-11-14-21(15-12-19)29-27-25(28(32)34-10-5)26(31)24(35-27)17-20-13-16-22(30(7-2)8-3)18-23(20)33-9-4/h11-18,31H,6-10H2,1-5H3/b24-17-,29-27?. The Morgan fingerprint density at radius 1 is 1.03 bits per heavy atom. The number of aliphatic hydroxyl groups excluding tert-OH is 1. The van der Waals surface area contributed by atoms with E-state index in [2.05, 4.69) is 30.7 Å². The minimum atomic E-state index is -0.591. The van der Waals surface area contributed by atoms with Gasteiger partial charge in [-0.05, 0) is 70.0 Å². The highest BCUT2D eigenvalue weighted by atomic mass is 32.2. The number of carbonyl (C=O) groups is 1. The molecule has 0 atom stereocenters. The number of aliphatic imine (C=N–C) groups is 1. The van der Waals surface area contributed by atoms with Crippen molar-refractivity contribution >= 4 is 40.2 Å². The predicted octanol–water partition coefficient (Wildman–Crippen LogP) is 6.69. The Labute approximate surface area is 212 Å². The first kappa shape index (κ1) is 26.4. The van der Waals surface area contributed by atoms with Crippen molar-refractivity contribution in [2.75, 3.05) is 31.2 Å². The van der Waals surface area contributed by atoms with Gasteiger partial charge in [-0.15, -0.1) is 0 Å². The van der Waals surface area contributed by atoms with Crippen LogP contribution >= 0.6 is 11.8 Å². The number of aryl methyl sites for hydroxylation is 1. The Morgan fingerprint density at radius 3 is 2.34 bits per heavy atom. The van der Waals surface area contributed by atoms with E-state index < -0.39 is 5.97 Å². The molecule has 0 radical (unpaired) electrons. The summed E-state index contributed by atoms with van der Waals surface area (Å²) in [6, 6.07) is 13.9. The second-order valence-electron chi connectivity index (χ2n) is 7.82. The third-order valence-corrected chi connectivity index (χ3v) is 6.68. The molecule has 1 aliphatic heterocycles. The number of thioether (sulfide) groups is 1. The fraction of sp³-hybridized carbons (Fsp3) is 0.357. The van der Waals surface area contributed by atoms with Crippen molar-refractivity contribution in [1.29, 1.82) is 0 Å². The van der Waals surface area contributed by atoms with Gasteiger partial charge in [-0.1, -0.05) is 30.8 Å². The number of esters is 1. The van der Waals surface area contributed by atoms with Crippen molar-refractivity contribution in [2.45, 2.75) is 41.0 Å². The summed E-state index contributed by atoms with van der Waals surface area (Å²) in [5.74, 6) is -0.00424.